The van der Waals surface area contributed by atoms with Gasteiger partial charge in [-0.15, -0.1) is 0 Å². The van der Waals surface area contributed by atoms with Gasteiger partial charge in [0.2, 0.25) is 5.91 Å². The summed E-state index contributed by atoms with van der Waals surface area (Å²) >= 11 is 0. The number of carbonyl (C=O) groups is 2. The number of rotatable bonds is 6. The number of carbonyl (C=O) groups excluding carboxylic acids is 2. The highest BCUT2D eigenvalue weighted by molar-refractivity contribution is 5.82. The van der Waals surface area contributed by atoms with Crippen molar-refractivity contribution in [1.29, 1.82) is 0 Å². The SMILES string of the molecule is CN(C)C[C@@H]1CCCCN1C(=O)CNC(=O)OCc1ccccc1. The molecule has 0 radical (unpaired) electrons. The molecule has 6 nitrogen and oxygen atoms in total. The van der Waals surface area contributed by atoms with Crippen LogP contribution in [0.15, 0.2) is 30.3 Å². The molecule has 1 aliphatic heterocycles. The highest BCUT2D eigenvalue weighted by Crippen LogP contribution is 2.17. The van der Waals surface area contributed by atoms with E-state index in [1.807, 2.05) is 49.3 Å². The number of alkyl carbamates (subject to hydrolysis) is 1. The first-order valence-electron chi connectivity index (χ1n) is 8.45. The van der Waals surface area contributed by atoms with E-state index >= 15 is 0 Å². The van der Waals surface area contributed by atoms with Gasteiger partial charge in [-0.2, -0.15) is 0 Å². The van der Waals surface area contributed by atoms with Crippen molar-refractivity contribution >= 4 is 12.0 Å². The summed E-state index contributed by atoms with van der Waals surface area (Å²) in [7, 11) is 4.02. The molecule has 1 aromatic carbocycles. The van der Waals surface area contributed by atoms with E-state index in [-0.39, 0.29) is 25.1 Å². The maximum atomic E-state index is 12.4. The molecule has 0 aliphatic carbocycles. The average Bonchev–Trinajstić information content (AvgIpc) is 2.58. The van der Waals surface area contributed by atoms with Crippen LogP contribution in [-0.2, 0) is 16.1 Å². The van der Waals surface area contributed by atoms with Crippen molar-refractivity contribution in [2.75, 3.05) is 33.7 Å². The van der Waals surface area contributed by atoms with Crippen LogP contribution in [0, 0.1) is 0 Å². The summed E-state index contributed by atoms with van der Waals surface area (Å²) in [5, 5.41) is 2.56. The maximum Gasteiger partial charge on any atom is 0.407 e. The van der Waals surface area contributed by atoms with Gasteiger partial charge in [0.15, 0.2) is 0 Å². The van der Waals surface area contributed by atoms with E-state index in [0.29, 0.717) is 0 Å². The number of benzene rings is 1. The molecule has 0 unspecified atom stereocenters. The van der Waals surface area contributed by atoms with E-state index in [4.69, 9.17) is 4.74 Å². The van der Waals surface area contributed by atoms with Crippen molar-refractivity contribution in [3.8, 4) is 0 Å². The Morgan fingerprint density at radius 3 is 2.71 bits per heavy atom. The van der Waals surface area contributed by atoms with Crippen molar-refractivity contribution in [1.82, 2.24) is 15.1 Å². The normalized spacial score (nSPS) is 17.6. The molecule has 1 aromatic rings. The summed E-state index contributed by atoms with van der Waals surface area (Å²) in [4.78, 5) is 28.1. The lowest BCUT2D eigenvalue weighted by atomic mass is 10.0. The number of likely N-dealkylation sites (tertiary alicyclic amines) is 1. The lowest BCUT2D eigenvalue weighted by Gasteiger charge is -2.37. The number of hydrogen-bond donors (Lipinski definition) is 1. The van der Waals surface area contributed by atoms with Gasteiger partial charge in [0.1, 0.15) is 13.2 Å². The van der Waals surface area contributed by atoms with Gasteiger partial charge in [0, 0.05) is 19.1 Å². The van der Waals surface area contributed by atoms with E-state index in [1.165, 1.54) is 0 Å². The Balaban J connectivity index is 1.75. The van der Waals surface area contributed by atoms with E-state index in [9.17, 15) is 9.59 Å². The van der Waals surface area contributed by atoms with Gasteiger partial charge in [-0.05, 0) is 38.9 Å². The Hall–Kier alpha value is -2.08. The molecule has 1 atom stereocenters. The number of nitrogens with one attached hydrogen (secondary N) is 1. The minimum atomic E-state index is -0.562. The standard InChI is InChI=1S/C18H27N3O3/c1-20(2)13-16-10-6-7-11-21(16)17(22)12-19-18(23)24-14-15-8-4-3-5-9-15/h3-5,8-9,16H,6-7,10-14H2,1-2H3,(H,19,23)/t16-/m0/s1. The van der Waals surface area contributed by atoms with Crippen LogP contribution in [0.3, 0.4) is 0 Å². The molecule has 0 bridgehead atoms. The predicted octanol–water partition coefficient (Wildman–Crippen LogP) is 1.86. The minimum absolute atomic E-state index is 0.0163. The Morgan fingerprint density at radius 1 is 1.25 bits per heavy atom. The monoisotopic (exact) mass is 333 g/mol. The average molecular weight is 333 g/mol. The zero-order valence-corrected chi connectivity index (χ0v) is 14.5. The van der Waals surface area contributed by atoms with Crippen LogP contribution in [0.4, 0.5) is 4.79 Å². The smallest absolute Gasteiger partial charge is 0.407 e. The summed E-state index contributed by atoms with van der Waals surface area (Å²) in [6, 6.07) is 9.69. The lowest BCUT2D eigenvalue weighted by molar-refractivity contribution is -0.134. The van der Waals surface area contributed by atoms with Crippen LogP contribution in [0.2, 0.25) is 0 Å². The van der Waals surface area contributed by atoms with Crippen molar-refractivity contribution < 1.29 is 14.3 Å². The third-order valence-electron chi connectivity index (χ3n) is 4.12. The Kier molecular flexibility index (Phi) is 7.06. The second-order valence-electron chi connectivity index (χ2n) is 6.41. The molecule has 0 aromatic heterocycles. The molecule has 0 spiro atoms. The zero-order valence-electron chi connectivity index (χ0n) is 14.5. The summed E-state index contributed by atoms with van der Waals surface area (Å²) in [5.41, 5.74) is 0.918. The molecule has 1 aliphatic rings. The van der Waals surface area contributed by atoms with Crippen LogP contribution in [0.5, 0.6) is 0 Å². The lowest BCUT2D eigenvalue weighted by Crippen LogP contribution is -2.51. The van der Waals surface area contributed by atoms with Crippen LogP contribution in [-0.4, -0.2) is 61.6 Å². The number of nitrogens with zero attached hydrogens (tertiary/aromatic N) is 2. The molecule has 2 rings (SSSR count). The molecule has 132 valence electrons. The quantitative estimate of drug-likeness (QED) is 0.863. The highest BCUT2D eigenvalue weighted by atomic mass is 16.5. The molecule has 6 heteroatoms. The zero-order chi connectivity index (χ0) is 17.4. The van der Waals surface area contributed by atoms with Gasteiger partial charge < -0.3 is 19.9 Å². The van der Waals surface area contributed by atoms with Gasteiger partial charge in [-0.3, -0.25) is 4.79 Å². The molecule has 1 saturated heterocycles. The summed E-state index contributed by atoms with van der Waals surface area (Å²) in [5.74, 6) is -0.0433. The molecule has 0 saturated carbocycles. The topological polar surface area (TPSA) is 61.9 Å². The predicted molar refractivity (Wildman–Crippen MR) is 92.5 cm³/mol. The highest BCUT2D eigenvalue weighted by Gasteiger charge is 2.27. The summed E-state index contributed by atoms with van der Waals surface area (Å²) in [6.45, 7) is 1.80. The Labute approximate surface area is 143 Å². The first kappa shape index (κ1) is 18.3. The fraction of sp³-hybridized carbons (Fsp3) is 0.556. The largest absolute Gasteiger partial charge is 0.445 e. The molecular weight excluding hydrogens is 306 g/mol. The van der Waals surface area contributed by atoms with Crippen LogP contribution >= 0.6 is 0 Å². The van der Waals surface area contributed by atoms with E-state index < -0.39 is 6.09 Å². The maximum absolute atomic E-state index is 12.4. The Bertz CT molecular complexity index is 534. The number of likely N-dealkylation sites (N-methyl/N-ethyl adjacent to an activating group) is 1. The van der Waals surface area contributed by atoms with Crippen LogP contribution < -0.4 is 5.32 Å². The fourth-order valence-corrected chi connectivity index (χ4v) is 2.96. The summed E-state index contributed by atoms with van der Waals surface area (Å²) in [6.07, 6.45) is 2.62. The fourth-order valence-electron chi connectivity index (χ4n) is 2.96. The number of piperidine rings is 1. The molecular formula is C18H27N3O3. The van der Waals surface area contributed by atoms with Crippen molar-refractivity contribution in [2.24, 2.45) is 0 Å². The van der Waals surface area contributed by atoms with Crippen LogP contribution in [0.1, 0.15) is 24.8 Å². The second kappa shape index (κ2) is 9.27. The van der Waals surface area contributed by atoms with Crippen molar-refractivity contribution in [3.63, 3.8) is 0 Å². The van der Waals surface area contributed by atoms with E-state index in [0.717, 1.165) is 37.9 Å². The number of amides is 2. The van der Waals surface area contributed by atoms with Gasteiger partial charge in [0.05, 0.1) is 0 Å². The molecule has 2 amide bonds. The van der Waals surface area contributed by atoms with Crippen molar-refractivity contribution in [3.05, 3.63) is 35.9 Å². The van der Waals surface area contributed by atoms with Gasteiger partial charge in [-0.1, -0.05) is 30.3 Å². The summed E-state index contributed by atoms with van der Waals surface area (Å²) < 4.78 is 5.13. The van der Waals surface area contributed by atoms with E-state index in [1.54, 1.807) is 0 Å². The minimum Gasteiger partial charge on any atom is -0.445 e. The first-order valence-corrected chi connectivity index (χ1v) is 8.45. The van der Waals surface area contributed by atoms with Gasteiger partial charge >= 0.3 is 6.09 Å². The van der Waals surface area contributed by atoms with Gasteiger partial charge in [-0.25, -0.2) is 4.79 Å². The molecule has 24 heavy (non-hydrogen) atoms. The third kappa shape index (κ3) is 5.85. The van der Waals surface area contributed by atoms with E-state index in [2.05, 4.69) is 10.2 Å². The van der Waals surface area contributed by atoms with Crippen molar-refractivity contribution in [2.45, 2.75) is 31.9 Å². The Morgan fingerprint density at radius 2 is 2.00 bits per heavy atom. The molecule has 1 fully saturated rings. The molecule has 1 N–H and O–H groups in total. The first-order chi connectivity index (χ1) is 11.6. The molecule has 1 heterocycles. The van der Waals surface area contributed by atoms with Crippen LogP contribution in [0.25, 0.3) is 0 Å². The third-order valence-corrected chi connectivity index (χ3v) is 4.12. The second-order valence-corrected chi connectivity index (χ2v) is 6.41. The van der Waals surface area contributed by atoms with Gasteiger partial charge in [0.25, 0.3) is 0 Å². The number of ether oxygens (including phenoxy) is 1. The number of hydrogen-bond acceptors (Lipinski definition) is 4.